The van der Waals surface area contributed by atoms with Crippen LogP contribution in [0.25, 0.3) is 0 Å². The molecule has 4 atom stereocenters. The minimum atomic E-state index is -1.65. The van der Waals surface area contributed by atoms with E-state index < -0.39 is 49.8 Å². The maximum absolute atomic E-state index is 13.4. The van der Waals surface area contributed by atoms with Crippen molar-refractivity contribution >= 4 is 40.0 Å². The number of rotatable bonds is 6. The first-order valence-electron chi connectivity index (χ1n) is 10.5. The number of non-ortho nitro benzene ring substituents is 1. The van der Waals surface area contributed by atoms with Crippen molar-refractivity contribution < 1.29 is 28.3 Å². The molecule has 11 heteroatoms. The molecule has 0 spiro atoms. The summed E-state index contributed by atoms with van der Waals surface area (Å²) in [5, 5.41) is 9.95. The van der Waals surface area contributed by atoms with Gasteiger partial charge in [0.25, 0.3) is 11.6 Å². The second-order valence-electron chi connectivity index (χ2n) is 8.64. The number of benzene rings is 2. The van der Waals surface area contributed by atoms with Gasteiger partial charge in [-0.2, -0.15) is 0 Å². The Morgan fingerprint density at radius 2 is 1.76 bits per heavy atom. The molecule has 178 valence electrons. The number of carbonyl (C=O) groups excluding carboxylic acids is 3. The number of esters is 1. The molecule has 2 amide bonds. The van der Waals surface area contributed by atoms with E-state index in [1.807, 2.05) is 0 Å². The lowest BCUT2D eigenvalue weighted by Crippen LogP contribution is -2.72. The van der Waals surface area contributed by atoms with Gasteiger partial charge in [0, 0.05) is 24.7 Å². The molecule has 0 bridgehead atoms. The molecule has 2 saturated heterocycles. The molecule has 2 aliphatic rings. The van der Waals surface area contributed by atoms with Gasteiger partial charge in [0.1, 0.15) is 24.1 Å². The van der Waals surface area contributed by atoms with Crippen molar-refractivity contribution in [1.82, 2.24) is 4.90 Å². The van der Waals surface area contributed by atoms with Gasteiger partial charge in [-0.3, -0.25) is 28.8 Å². The summed E-state index contributed by atoms with van der Waals surface area (Å²) in [4.78, 5) is 51.5. The van der Waals surface area contributed by atoms with E-state index in [1.54, 1.807) is 44.2 Å². The number of ether oxygens (including phenoxy) is 1. The van der Waals surface area contributed by atoms with Crippen LogP contribution < -0.4 is 4.90 Å². The highest BCUT2D eigenvalue weighted by Crippen LogP contribution is 2.46. The van der Waals surface area contributed by atoms with Gasteiger partial charge < -0.3 is 9.64 Å². The number of β-lactam (4-membered cyclic amide) rings is 1. The summed E-state index contributed by atoms with van der Waals surface area (Å²) < 4.78 is 17.7. The standard InChI is InChI=1S/C23H23N3O7S/c1-14(27)24(16-7-5-4-6-8-16)18-20(28)25-19(23(2,3)34(32)21(18)25)22(29)33-13-15-9-11-17(12-10-15)26(30)31/h4-12,18-19,21H,13H2,1-3H3. The van der Waals surface area contributed by atoms with Crippen molar-refractivity contribution in [2.24, 2.45) is 0 Å². The summed E-state index contributed by atoms with van der Waals surface area (Å²) in [6.07, 6.45) is 0. The van der Waals surface area contributed by atoms with E-state index in [9.17, 15) is 28.7 Å². The number of hydrogen-bond donors (Lipinski definition) is 0. The Morgan fingerprint density at radius 3 is 2.32 bits per heavy atom. The van der Waals surface area contributed by atoms with Crippen LogP contribution in [0, 0.1) is 10.1 Å². The monoisotopic (exact) mass is 485 g/mol. The topological polar surface area (TPSA) is 127 Å². The summed E-state index contributed by atoms with van der Waals surface area (Å²) >= 11 is 0. The van der Waals surface area contributed by atoms with Crippen molar-refractivity contribution in [1.29, 1.82) is 0 Å². The SMILES string of the molecule is CC(=O)N(c1ccccc1)C1C(=O)N2C1S(=O)C(C)(C)C2C(=O)OCc1ccc([N+](=O)[O-])cc1. The summed E-state index contributed by atoms with van der Waals surface area (Å²) in [5.74, 6) is -1.57. The molecule has 0 aliphatic carbocycles. The molecular weight excluding hydrogens is 462 g/mol. The maximum atomic E-state index is 13.4. The fourth-order valence-electron chi connectivity index (χ4n) is 4.43. The van der Waals surface area contributed by atoms with E-state index >= 15 is 0 Å². The third-order valence-electron chi connectivity index (χ3n) is 6.13. The van der Waals surface area contributed by atoms with Crippen LogP contribution in [-0.2, 0) is 36.5 Å². The highest BCUT2D eigenvalue weighted by atomic mass is 32.2. The molecule has 0 N–H and O–H groups in total. The highest BCUT2D eigenvalue weighted by molar-refractivity contribution is 7.87. The lowest BCUT2D eigenvalue weighted by atomic mass is 9.94. The number of nitro groups is 1. The largest absolute Gasteiger partial charge is 0.459 e. The Morgan fingerprint density at radius 1 is 1.15 bits per heavy atom. The summed E-state index contributed by atoms with van der Waals surface area (Å²) in [6.45, 7) is 4.44. The van der Waals surface area contributed by atoms with E-state index in [4.69, 9.17) is 4.74 Å². The molecule has 4 unspecified atom stereocenters. The van der Waals surface area contributed by atoms with Gasteiger partial charge in [-0.25, -0.2) is 4.79 Å². The molecule has 10 nitrogen and oxygen atoms in total. The Balaban J connectivity index is 1.55. The summed E-state index contributed by atoms with van der Waals surface area (Å²) in [6, 6.07) is 12.1. The van der Waals surface area contributed by atoms with E-state index in [-0.39, 0.29) is 18.2 Å². The number of carbonyl (C=O) groups is 3. The van der Waals surface area contributed by atoms with Crippen LogP contribution in [0.5, 0.6) is 0 Å². The van der Waals surface area contributed by atoms with Crippen molar-refractivity contribution in [3.05, 3.63) is 70.3 Å². The Labute approximate surface area is 198 Å². The zero-order valence-electron chi connectivity index (χ0n) is 18.7. The molecular formula is C23H23N3O7S. The number of anilines is 1. The van der Waals surface area contributed by atoms with Crippen LogP contribution in [0.4, 0.5) is 11.4 Å². The van der Waals surface area contributed by atoms with Crippen molar-refractivity contribution in [2.45, 2.75) is 49.6 Å². The van der Waals surface area contributed by atoms with Gasteiger partial charge in [0.15, 0.2) is 0 Å². The third kappa shape index (κ3) is 3.75. The quantitative estimate of drug-likeness (QED) is 0.265. The fourth-order valence-corrected chi connectivity index (χ4v) is 6.39. The average molecular weight is 486 g/mol. The van der Waals surface area contributed by atoms with Crippen LogP contribution in [0.3, 0.4) is 0 Å². The van der Waals surface area contributed by atoms with Crippen molar-refractivity contribution in [3.63, 3.8) is 0 Å². The number of hydrogen-bond acceptors (Lipinski definition) is 7. The van der Waals surface area contributed by atoms with Crippen LogP contribution in [0.1, 0.15) is 26.3 Å². The molecule has 2 aromatic carbocycles. The van der Waals surface area contributed by atoms with Gasteiger partial charge in [-0.15, -0.1) is 0 Å². The highest BCUT2D eigenvalue weighted by Gasteiger charge is 2.69. The third-order valence-corrected chi connectivity index (χ3v) is 8.31. The normalized spacial score (nSPS) is 24.7. The van der Waals surface area contributed by atoms with Crippen LogP contribution in [-0.4, -0.2) is 54.0 Å². The molecule has 2 heterocycles. The number of amides is 2. The molecule has 0 radical (unpaired) electrons. The molecule has 4 rings (SSSR count). The van der Waals surface area contributed by atoms with Crippen molar-refractivity contribution in [2.75, 3.05) is 4.90 Å². The molecule has 34 heavy (non-hydrogen) atoms. The first-order valence-corrected chi connectivity index (χ1v) is 11.7. The minimum Gasteiger partial charge on any atom is -0.459 e. The number of nitrogens with zero attached hydrogens (tertiary/aromatic N) is 3. The van der Waals surface area contributed by atoms with Crippen molar-refractivity contribution in [3.8, 4) is 0 Å². The Bertz CT molecular complexity index is 1180. The van der Waals surface area contributed by atoms with Crippen LogP contribution in [0.2, 0.25) is 0 Å². The number of nitro benzene ring substituents is 1. The number of para-hydroxylation sites is 1. The fraction of sp³-hybridized carbons (Fsp3) is 0.348. The minimum absolute atomic E-state index is 0.0871. The van der Waals surface area contributed by atoms with E-state index in [1.165, 1.54) is 41.0 Å². The lowest BCUT2D eigenvalue weighted by Gasteiger charge is -2.47. The predicted octanol–water partition coefficient (Wildman–Crippen LogP) is 2.14. The van der Waals surface area contributed by atoms with Gasteiger partial charge in [-0.1, -0.05) is 18.2 Å². The van der Waals surface area contributed by atoms with Gasteiger partial charge in [-0.05, 0) is 43.7 Å². The first kappa shape index (κ1) is 23.6. The summed E-state index contributed by atoms with van der Waals surface area (Å²) in [5.41, 5.74) is 0.954. The van der Waals surface area contributed by atoms with Gasteiger partial charge in [0.2, 0.25) is 5.91 Å². The van der Waals surface area contributed by atoms with E-state index in [2.05, 4.69) is 0 Å². The molecule has 2 fully saturated rings. The maximum Gasteiger partial charge on any atom is 0.330 e. The Hall–Kier alpha value is -3.60. The first-order chi connectivity index (χ1) is 16.1. The van der Waals surface area contributed by atoms with Crippen LogP contribution >= 0.6 is 0 Å². The summed E-state index contributed by atoms with van der Waals surface area (Å²) in [7, 11) is -1.65. The predicted molar refractivity (Wildman–Crippen MR) is 123 cm³/mol. The van der Waals surface area contributed by atoms with E-state index in [0.717, 1.165) is 0 Å². The van der Waals surface area contributed by atoms with Gasteiger partial charge >= 0.3 is 5.97 Å². The van der Waals surface area contributed by atoms with E-state index in [0.29, 0.717) is 11.3 Å². The molecule has 2 aromatic rings. The molecule has 0 saturated carbocycles. The zero-order valence-corrected chi connectivity index (χ0v) is 19.6. The smallest absolute Gasteiger partial charge is 0.330 e. The average Bonchev–Trinajstić information content (AvgIpc) is 2.99. The Kier molecular flexibility index (Phi) is 5.98. The molecule has 2 aliphatic heterocycles. The zero-order chi connectivity index (χ0) is 24.8. The second-order valence-corrected chi connectivity index (χ2v) is 10.8. The van der Waals surface area contributed by atoms with Crippen LogP contribution in [0.15, 0.2) is 54.6 Å². The molecule has 0 aromatic heterocycles. The number of fused-ring (bicyclic) bond motifs is 1. The second kappa shape index (κ2) is 8.64. The van der Waals surface area contributed by atoms with Gasteiger partial charge in [0.05, 0.1) is 20.5 Å². The lowest BCUT2D eigenvalue weighted by molar-refractivity contribution is -0.384.